The van der Waals surface area contributed by atoms with Crippen molar-refractivity contribution in [3.63, 3.8) is 0 Å². The fraction of sp³-hybridized carbons (Fsp3) is 0.267. The zero-order chi connectivity index (χ0) is 26.1. The van der Waals surface area contributed by atoms with Gasteiger partial charge in [0.25, 0.3) is 0 Å². The Kier molecular flexibility index (Phi) is 7.47. The third-order valence-corrected chi connectivity index (χ3v) is 9.30. The van der Waals surface area contributed by atoms with Crippen molar-refractivity contribution in [1.29, 1.82) is 0 Å². The van der Waals surface area contributed by atoms with Gasteiger partial charge in [0.15, 0.2) is 0 Å². The van der Waals surface area contributed by atoms with Crippen molar-refractivity contribution in [2.24, 2.45) is 0 Å². The van der Waals surface area contributed by atoms with E-state index in [2.05, 4.69) is 24.3 Å². The summed E-state index contributed by atoms with van der Waals surface area (Å²) in [6.45, 7) is 8.17. The number of hydrogen-bond acceptors (Lipinski definition) is 7. The number of hydrogen-bond donors (Lipinski definition) is 0. The highest BCUT2D eigenvalue weighted by molar-refractivity contribution is 7.32. The zero-order valence-electron chi connectivity index (χ0n) is 21.8. The third kappa shape index (κ3) is 5.21. The lowest BCUT2D eigenvalue weighted by molar-refractivity contribution is 0.242. The predicted octanol–water partition coefficient (Wildman–Crippen LogP) is 9.62. The molecule has 37 heavy (non-hydrogen) atoms. The van der Waals surface area contributed by atoms with Crippen LogP contribution in [0.25, 0.3) is 40.0 Å². The van der Waals surface area contributed by atoms with Gasteiger partial charge in [-0.05, 0) is 76.2 Å². The topological polar surface area (TPSA) is 36.9 Å². The van der Waals surface area contributed by atoms with Gasteiger partial charge in [-0.3, -0.25) is 0 Å². The molecule has 0 aliphatic heterocycles. The predicted molar refractivity (Wildman–Crippen MR) is 159 cm³/mol. The number of thiophene rings is 3. The molecule has 4 nitrogen and oxygen atoms in total. The zero-order valence-corrected chi connectivity index (χ0v) is 24.2. The molecule has 0 radical (unpaired) electrons. The van der Waals surface area contributed by atoms with E-state index in [0.29, 0.717) is 0 Å². The van der Waals surface area contributed by atoms with E-state index in [4.69, 9.17) is 18.9 Å². The lowest BCUT2D eigenvalue weighted by Gasteiger charge is -2.16. The van der Waals surface area contributed by atoms with Gasteiger partial charge < -0.3 is 18.9 Å². The number of methoxy groups -OCH3 is 2. The highest BCUT2D eigenvalue weighted by Crippen LogP contribution is 2.49. The van der Waals surface area contributed by atoms with Crippen LogP contribution in [0.4, 0.5) is 0 Å². The smallest absolute Gasteiger partial charge is 0.132 e. The van der Waals surface area contributed by atoms with Crippen molar-refractivity contribution in [3.05, 3.63) is 60.7 Å². The minimum absolute atomic E-state index is 0.0817. The van der Waals surface area contributed by atoms with Crippen LogP contribution in [0.5, 0.6) is 23.0 Å². The SMILES string of the molecule is COc1cccc(OC(C)C)c1-c1ccc(-c2cc3sc(-c4c(OC)cccc4OC(C)C)cc3s2)s1. The first-order valence-electron chi connectivity index (χ1n) is 12.2. The molecule has 0 atom stereocenters. The van der Waals surface area contributed by atoms with E-state index >= 15 is 0 Å². The van der Waals surface area contributed by atoms with Crippen LogP contribution in [0.2, 0.25) is 0 Å². The van der Waals surface area contributed by atoms with E-state index in [1.807, 2.05) is 75.4 Å². The van der Waals surface area contributed by atoms with Gasteiger partial charge in [-0.2, -0.15) is 0 Å². The van der Waals surface area contributed by atoms with Crippen LogP contribution in [-0.4, -0.2) is 26.4 Å². The number of benzene rings is 2. The van der Waals surface area contributed by atoms with Crippen LogP contribution in [-0.2, 0) is 0 Å². The molecule has 0 saturated heterocycles. The van der Waals surface area contributed by atoms with E-state index in [1.54, 1.807) is 36.9 Å². The summed E-state index contributed by atoms with van der Waals surface area (Å²) in [4.78, 5) is 4.76. The average molecular weight is 551 g/mol. The molecule has 192 valence electrons. The summed E-state index contributed by atoms with van der Waals surface area (Å²) in [5.74, 6) is 3.34. The molecule has 0 fully saturated rings. The normalized spacial score (nSPS) is 11.5. The Bertz CT molecular complexity index is 1490. The van der Waals surface area contributed by atoms with Crippen molar-refractivity contribution in [3.8, 4) is 53.6 Å². The Hall–Kier alpha value is -3.00. The molecule has 0 spiro atoms. The highest BCUT2D eigenvalue weighted by Gasteiger charge is 2.20. The maximum absolute atomic E-state index is 6.12. The van der Waals surface area contributed by atoms with Crippen LogP contribution in [0, 0.1) is 0 Å². The highest BCUT2D eigenvalue weighted by atomic mass is 32.1. The molecule has 2 aromatic carbocycles. The first-order valence-corrected chi connectivity index (χ1v) is 14.6. The lowest BCUT2D eigenvalue weighted by Crippen LogP contribution is -2.06. The number of rotatable bonds is 9. The molecule has 3 aromatic heterocycles. The molecule has 0 aliphatic carbocycles. The minimum atomic E-state index is 0.0817. The van der Waals surface area contributed by atoms with Crippen molar-refractivity contribution in [2.75, 3.05) is 14.2 Å². The van der Waals surface area contributed by atoms with Crippen LogP contribution in [0.1, 0.15) is 27.7 Å². The van der Waals surface area contributed by atoms with E-state index in [9.17, 15) is 0 Å². The fourth-order valence-corrected chi connectivity index (χ4v) is 7.83. The summed E-state index contributed by atoms with van der Waals surface area (Å²) >= 11 is 5.34. The Morgan fingerprint density at radius 3 is 1.51 bits per heavy atom. The van der Waals surface area contributed by atoms with Gasteiger partial charge >= 0.3 is 0 Å². The van der Waals surface area contributed by atoms with Crippen molar-refractivity contribution < 1.29 is 18.9 Å². The molecule has 0 aliphatic rings. The summed E-state index contributed by atoms with van der Waals surface area (Å²) in [6, 6.07) is 20.8. The fourth-order valence-electron chi connectivity index (χ4n) is 4.24. The van der Waals surface area contributed by atoms with Crippen LogP contribution >= 0.6 is 34.0 Å². The van der Waals surface area contributed by atoms with Gasteiger partial charge in [-0.1, -0.05) is 12.1 Å². The quantitative estimate of drug-likeness (QED) is 0.183. The summed E-state index contributed by atoms with van der Waals surface area (Å²) in [5, 5.41) is 0. The van der Waals surface area contributed by atoms with E-state index < -0.39 is 0 Å². The Morgan fingerprint density at radius 1 is 0.514 bits per heavy atom. The van der Waals surface area contributed by atoms with Gasteiger partial charge in [0.1, 0.15) is 23.0 Å². The number of ether oxygens (including phenoxy) is 4. The maximum Gasteiger partial charge on any atom is 0.132 e. The van der Waals surface area contributed by atoms with Gasteiger partial charge in [0, 0.05) is 28.9 Å². The molecule has 5 aromatic rings. The minimum Gasteiger partial charge on any atom is -0.496 e. The van der Waals surface area contributed by atoms with Crippen LogP contribution in [0.3, 0.4) is 0 Å². The van der Waals surface area contributed by atoms with E-state index in [-0.39, 0.29) is 12.2 Å². The summed E-state index contributed by atoms with van der Waals surface area (Å²) in [5.41, 5.74) is 2.02. The molecule has 5 rings (SSSR count). The molecule has 0 amide bonds. The van der Waals surface area contributed by atoms with Crippen LogP contribution < -0.4 is 18.9 Å². The molecular weight excluding hydrogens is 521 g/mol. The second-order valence-corrected chi connectivity index (χ2v) is 12.4. The summed E-state index contributed by atoms with van der Waals surface area (Å²) in [7, 11) is 3.41. The molecule has 0 N–H and O–H groups in total. The third-order valence-electron chi connectivity index (χ3n) is 5.69. The summed E-state index contributed by atoms with van der Waals surface area (Å²) in [6.07, 6.45) is 0.166. The maximum atomic E-state index is 6.12. The standard InChI is InChI=1S/C30H30O4S3/c1-17(2)33-21-11-7-9-19(31-5)29(21)24-14-13-23(35-24)25-15-26-27(36-25)16-28(37-26)30-20(32-6)10-8-12-22(30)34-18(3)4/h7-18H,1-6H3. The second kappa shape index (κ2) is 10.8. The van der Waals surface area contributed by atoms with Gasteiger partial charge in [0.05, 0.1) is 37.6 Å². The Morgan fingerprint density at radius 2 is 0.973 bits per heavy atom. The number of fused-ring (bicyclic) bond motifs is 1. The van der Waals surface area contributed by atoms with E-state index in [1.165, 1.54) is 19.2 Å². The largest absolute Gasteiger partial charge is 0.496 e. The molecule has 0 saturated carbocycles. The second-order valence-electron chi connectivity index (χ2n) is 9.11. The molecule has 3 heterocycles. The van der Waals surface area contributed by atoms with Crippen molar-refractivity contribution in [2.45, 2.75) is 39.9 Å². The van der Waals surface area contributed by atoms with E-state index in [0.717, 1.165) is 43.9 Å². The first kappa shape index (κ1) is 25.6. The van der Waals surface area contributed by atoms with Crippen molar-refractivity contribution in [1.82, 2.24) is 0 Å². The summed E-state index contributed by atoms with van der Waals surface area (Å²) < 4.78 is 26.1. The Labute approximate surface area is 230 Å². The first-order chi connectivity index (χ1) is 17.9. The van der Waals surface area contributed by atoms with Gasteiger partial charge in [-0.15, -0.1) is 34.0 Å². The molecule has 0 unspecified atom stereocenters. The molecular formula is C30H30O4S3. The molecule has 0 bridgehead atoms. The van der Waals surface area contributed by atoms with Gasteiger partial charge in [0.2, 0.25) is 0 Å². The van der Waals surface area contributed by atoms with Crippen LogP contribution in [0.15, 0.2) is 60.7 Å². The van der Waals surface area contributed by atoms with Gasteiger partial charge in [-0.25, -0.2) is 0 Å². The van der Waals surface area contributed by atoms with Crippen molar-refractivity contribution >= 4 is 43.4 Å². The molecule has 7 heteroatoms. The average Bonchev–Trinajstić information content (AvgIpc) is 3.58. The Balaban J connectivity index is 1.50. The monoisotopic (exact) mass is 550 g/mol. The lowest BCUT2D eigenvalue weighted by atomic mass is 10.1.